The summed E-state index contributed by atoms with van der Waals surface area (Å²) in [6.07, 6.45) is 1.87. The van der Waals surface area contributed by atoms with Crippen molar-refractivity contribution in [2.75, 3.05) is 44.4 Å². The first-order valence-electron chi connectivity index (χ1n) is 6.88. The predicted octanol–water partition coefficient (Wildman–Crippen LogP) is 1.48. The van der Waals surface area contributed by atoms with E-state index in [1.54, 1.807) is 4.57 Å². The number of aromatic nitrogens is 1. The number of hydrogen-bond donors (Lipinski definition) is 0. The molecule has 3 heterocycles. The van der Waals surface area contributed by atoms with Gasteiger partial charge in [0.25, 0.3) is 5.56 Å². The zero-order chi connectivity index (χ0) is 14.2. The van der Waals surface area contributed by atoms with Crippen LogP contribution in [0.5, 0.6) is 0 Å². The summed E-state index contributed by atoms with van der Waals surface area (Å²) in [7, 11) is 0. The van der Waals surface area contributed by atoms with Crippen LogP contribution in [0.15, 0.2) is 21.5 Å². The van der Waals surface area contributed by atoms with Crippen molar-refractivity contribution in [1.29, 1.82) is 0 Å². The van der Waals surface area contributed by atoms with Crippen LogP contribution < -0.4 is 10.5 Å². The zero-order valence-corrected chi connectivity index (χ0v) is 13.2. The summed E-state index contributed by atoms with van der Waals surface area (Å²) in [6.45, 7) is 7.19. The summed E-state index contributed by atoms with van der Waals surface area (Å²) in [5, 5.41) is 0. The van der Waals surface area contributed by atoms with Crippen LogP contribution in [0.2, 0.25) is 0 Å². The topological polar surface area (TPSA) is 43.7 Å². The van der Waals surface area contributed by atoms with Crippen LogP contribution in [0, 0.1) is 5.41 Å². The number of rotatable bonds is 3. The molecule has 0 saturated carbocycles. The first-order valence-corrected chi connectivity index (χ1v) is 7.67. The minimum atomic E-state index is 0.0724. The van der Waals surface area contributed by atoms with Crippen molar-refractivity contribution in [3.63, 3.8) is 0 Å². The molecule has 20 heavy (non-hydrogen) atoms. The summed E-state index contributed by atoms with van der Waals surface area (Å²) in [5.74, 6) is 0. The predicted molar refractivity (Wildman–Crippen MR) is 80.4 cm³/mol. The van der Waals surface area contributed by atoms with E-state index in [1.165, 1.54) is 0 Å². The number of ether oxygens (including phenoxy) is 2. The van der Waals surface area contributed by atoms with Gasteiger partial charge in [-0.15, -0.1) is 0 Å². The van der Waals surface area contributed by atoms with Gasteiger partial charge in [0.15, 0.2) is 0 Å². The standard InChI is InChI=1S/C14H19BrN2O3/c1-14(9-20-10-14)8-17-7-11(15)6-12(13(17)18)16-2-4-19-5-3-16/h6-7H,2-5,8-10H2,1H3. The maximum atomic E-state index is 12.7. The fourth-order valence-corrected chi connectivity index (χ4v) is 3.15. The Morgan fingerprint density at radius 1 is 1.30 bits per heavy atom. The quantitative estimate of drug-likeness (QED) is 0.834. The average Bonchev–Trinajstić information content (AvgIpc) is 2.41. The molecule has 2 saturated heterocycles. The second-order valence-corrected chi connectivity index (χ2v) is 6.80. The second-order valence-electron chi connectivity index (χ2n) is 5.88. The number of nitrogens with zero attached hydrogens (tertiary/aromatic N) is 2. The van der Waals surface area contributed by atoms with Crippen molar-refractivity contribution in [3.8, 4) is 0 Å². The molecular weight excluding hydrogens is 324 g/mol. The highest BCUT2D eigenvalue weighted by molar-refractivity contribution is 9.10. The van der Waals surface area contributed by atoms with E-state index in [0.29, 0.717) is 19.8 Å². The van der Waals surface area contributed by atoms with Crippen LogP contribution in [0.4, 0.5) is 5.69 Å². The lowest BCUT2D eigenvalue weighted by Crippen LogP contribution is -2.46. The third-order valence-electron chi connectivity index (χ3n) is 3.84. The number of hydrogen-bond acceptors (Lipinski definition) is 4. The lowest BCUT2D eigenvalue weighted by molar-refractivity contribution is -0.110. The molecule has 0 bridgehead atoms. The molecule has 0 radical (unpaired) electrons. The smallest absolute Gasteiger partial charge is 0.274 e. The molecular formula is C14H19BrN2O3. The van der Waals surface area contributed by atoms with Gasteiger partial charge in [0.05, 0.1) is 26.4 Å². The van der Waals surface area contributed by atoms with Gasteiger partial charge in [-0.05, 0) is 22.0 Å². The summed E-state index contributed by atoms with van der Waals surface area (Å²) >= 11 is 3.51. The van der Waals surface area contributed by atoms with Crippen LogP contribution in [0.3, 0.4) is 0 Å². The summed E-state index contributed by atoms with van der Waals surface area (Å²) in [6, 6.07) is 1.91. The van der Waals surface area contributed by atoms with E-state index >= 15 is 0 Å². The third kappa shape index (κ3) is 2.77. The van der Waals surface area contributed by atoms with Gasteiger partial charge in [-0.3, -0.25) is 4.79 Å². The minimum absolute atomic E-state index is 0.0724. The largest absolute Gasteiger partial charge is 0.380 e. The lowest BCUT2D eigenvalue weighted by Gasteiger charge is -2.38. The highest BCUT2D eigenvalue weighted by Gasteiger charge is 2.34. The van der Waals surface area contributed by atoms with Gasteiger partial charge in [-0.2, -0.15) is 0 Å². The van der Waals surface area contributed by atoms with E-state index in [9.17, 15) is 4.79 Å². The van der Waals surface area contributed by atoms with E-state index < -0.39 is 0 Å². The van der Waals surface area contributed by atoms with Crippen LogP contribution in [0.1, 0.15) is 6.92 Å². The van der Waals surface area contributed by atoms with Crippen LogP contribution in [-0.4, -0.2) is 44.1 Å². The molecule has 1 aromatic rings. The maximum Gasteiger partial charge on any atom is 0.274 e. The van der Waals surface area contributed by atoms with Crippen molar-refractivity contribution in [3.05, 3.63) is 27.1 Å². The zero-order valence-electron chi connectivity index (χ0n) is 11.6. The monoisotopic (exact) mass is 342 g/mol. The van der Waals surface area contributed by atoms with E-state index in [-0.39, 0.29) is 11.0 Å². The number of morpholine rings is 1. The van der Waals surface area contributed by atoms with Gasteiger partial charge < -0.3 is 18.9 Å². The van der Waals surface area contributed by atoms with Gasteiger partial charge in [-0.1, -0.05) is 6.92 Å². The van der Waals surface area contributed by atoms with E-state index in [2.05, 4.69) is 27.8 Å². The Bertz CT molecular complexity index is 548. The molecule has 1 aromatic heterocycles. The van der Waals surface area contributed by atoms with Gasteiger partial charge in [0.1, 0.15) is 5.69 Å². The number of pyridine rings is 1. The molecule has 2 aliphatic heterocycles. The van der Waals surface area contributed by atoms with Crippen LogP contribution in [0.25, 0.3) is 0 Å². The molecule has 0 atom stereocenters. The first-order chi connectivity index (χ1) is 9.57. The Labute approximate surface area is 126 Å². The second kappa shape index (κ2) is 5.50. The molecule has 3 rings (SSSR count). The molecule has 2 aliphatic rings. The van der Waals surface area contributed by atoms with E-state index in [1.807, 2.05) is 12.3 Å². The number of halogens is 1. The van der Waals surface area contributed by atoms with Crippen molar-refractivity contribution < 1.29 is 9.47 Å². The van der Waals surface area contributed by atoms with Crippen molar-refractivity contribution in [1.82, 2.24) is 4.57 Å². The Balaban J connectivity index is 1.90. The fourth-order valence-electron chi connectivity index (χ4n) is 2.69. The molecule has 0 aromatic carbocycles. The number of anilines is 1. The Morgan fingerprint density at radius 3 is 2.60 bits per heavy atom. The Kier molecular flexibility index (Phi) is 3.88. The SMILES string of the molecule is CC1(Cn2cc(Br)cc(N3CCOCC3)c2=O)COC1. The molecule has 2 fully saturated rings. The summed E-state index contributed by atoms with van der Waals surface area (Å²) < 4.78 is 13.4. The third-order valence-corrected chi connectivity index (χ3v) is 4.27. The lowest BCUT2D eigenvalue weighted by atomic mass is 9.88. The minimum Gasteiger partial charge on any atom is -0.380 e. The van der Waals surface area contributed by atoms with E-state index in [0.717, 1.165) is 36.5 Å². The first kappa shape index (κ1) is 14.1. The van der Waals surface area contributed by atoms with Crippen molar-refractivity contribution >= 4 is 21.6 Å². The van der Waals surface area contributed by atoms with Gasteiger partial charge >= 0.3 is 0 Å². The Morgan fingerprint density at radius 2 is 2.00 bits per heavy atom. The Hall–Kier alpha value is -0.850. The molecule has 0 spiro atoms. The highest BCUT2D eigenvalue weighted by Crippen LogP contribution is 2.29. The van der Waals surface area contributed by atoms with Gasteiger partial charge in [0.2, 0.25) is 0 Å². The molecule has 5 nitrogen and oxygen atoms in total. The molecule has 0 N–H and O–H groups in total. The van der Waals surface area contributed by atoms with Crippen LogP contribution >= 0.6 is 15.9 Å². The molecule has 6 heteroatoms. The summed E-state index contributed by atoms with van der Waals surface area (Å²) in [5.41, 5.74) is 0.905. The normalized spacial score (nSPS) is 21.6. The van der Waals surface area contributed by atoms with Gasteiger partial charge in [-0.25, -0.2) is 0 Å². The summed E-state index contributed by atoms with van der Waals surface area (Å²) in [4.78, 5) is 14.8. The average molecular weight is 343 g/mol. The van der Waals surface area contributed by atoms with Gasteiger partial charge in [0, 0.05) is 35.7 Å². The molecule has 0 unspecified atom stereocenters. The van der Waals surface area contributed by atoms with Crippen molar-refractivity contribution in [2.45, 2.75) is 13.5 Å². The molecule has 0 aliphatic carbocycles. The highest BCUT2D eigenvalue weighted by atomic mass is 79.9. The van der Waals surface area contributed by atoms with Crippen LogP contribution in [-0.2, 0) is 16.0 Å². The van der Waals surface area contributed by atoms with E-state index in [4.69, 9.17) is 9.47 Å². The maximum absolute atomic E-state index is 12.7. The molecule has 110 valence electrons. The molecule has 0 amide bonds. The fraction of sp³-hybridized carbons (Fsp3) is 0.643. The van der Waals surface area contributed by atoms with Crippen molar-refractivity contribution in [2.24, 2.45) is 5.41 Å².